The number of hydrogen-bond donors (Lipinski definition) is 2. The van der Waals surface area contributed by atoms with Gasteiger partial charge in [0.05, 0.1) is 18.3 Å². The van der Waals surface area contributed by atoms with Gasteiger partial charge < -0.3 is 5.32 Å². The molecule has 7 nitrogen and oxygen atoms in total. The van der Waals surface area contributed by atoms with Gasteiger partial charge in [-0.2, -0.15) is 5.10 Å². The quantitative estimate of drug-likeness (QED) is 0.595. The summed E-state index contributed by atoms with van der Waals surface area (Å²) in [7, 11) is -4.09. The molecule has 0 unspecified atom stereocenters. The molecule has 2 aromatic carbocycles. The van der Waals surface area contributed by atoms with Crippen molar-refractivity contribution in [3.8, 4) is 5.69 Å². The SMILES string of the molecule is CCc1cnn(-c2ccc(NC(=O)Cc3ccc(C(F)F)cc3)cc2S(N)(=O)=O)c1. The summed E-state index contributed by atoms with van der Waals surface area (Å²) >= 11 is 0. The molecule has 3 aromatic rings. The van der Waals surface area contributed by atoms with E-state index >= 15 is 0 Å². The molecular formula is C20H20F2N4O3S. The Morgan fingerprint density at radius 2 is 1.87 bits per heavy atom. The van der Waals surface area contributed by atoms with Gasteiger partial charge in [-0.25, -0.2) is 27.0 Å². The van der Waals surface area contributed by atoms with E-state index in [4.69, 9.17) is 5.14 Å². The predicted molar refractivity (Wildman–Crippen MR) is 108 cm³/mol. The lowest BCUT2D eigenvalue weighted by atomic mass is 10.1. The Morgan fingerprint density at radius 3 is 2.43 bits per heavy atom. The third kappa shape index (κ3) is 5.08. The summed E-state index contributed by atoms with van der Waals surface area (Å²) in [5.74, 6) is -0.430. The van der Waals surface area contributed by atoms with Crippen LogP contribution < -0.4 is 10.5 Å². The van der Waals surface area contributed by atoms with Crippen LogP contribution in [0.1, 0.15) is 30.0 Å². The summed E-state index contributed by atoms with van der Waals surface area (Å²) < 4.78 is 50.8. The number of rotatable bonds is 7. The second-order valence-corrected chi connectivity index (χ2v) is 8.17. The molecule has 1 heterocycles. The van der Waals surface area contributed by atoms with Gasteiger partial charge in [0.2, 0.25) is 15.9 Å². The number of sulfonamides is 1. The zero-order chi connectivity index (χ0) is 21.9. The van der Waals surface area contributed by atoms with Gasteiger partial charge in [-0.1, -0.05) is 31.2 Å². The van der Waals surface area contributed by atoms with Gasteiger partial charge in [0, 0.05) is 17.4 Å². The van der Waals surface area contributed by atoms with Crippen molar-refractivity contribution in [3.63, 3.8) is 0 Å². The molecule has 0 fully saturated rings. The first kappa shape index (κ1) is 21.6. The minimum atomic E-state index is -4.09. The topological polar surface area (TPSA) is 107 Å². The van der Waals surface area contributed by atoms with Crippen molar-refractivity contribution in [2.75, 3.05) is 5.32 Å². The van der Waals surface area contributed by atoms with Crippen molar-refractivity contribution in [1.29, 1.82) is 0 Å². The van der Waals surface area contributed by atoms with Crippen molar-refractivity contribution in [3.05, 3.63) is 71.5 Å². The number of nitrogens with one attached hydrogen (secondary N) is 1. The summed E-state index contributed by atoms with van der Waals surface area (Å²) in [6.07, 6.45) is 1.42. The van der Waals surface area contributed by atoms with Crippen LogP contribution in [0.15, 0.2) is 59.8 Å². The highest BCUT2D eigenvalue weighted by Crippen LogP contribution is 2.24. The molecular weight excluding hydrogens is 414 g/mol. The lowest BCUT2D eigenvalue weighted by Crippen LogP contribution is -2.18. The van der Waals surface area contributed by atoms with Gasteiger partial charge in [0.25, 0.3) is 6.43 Å². The van der Waals surface area contributed by atoms with Gasteiger partial charge in [-0.3, -0.25) is 4.79 Å². The third-order valence-corrected chi connectivity index (χ3v) is 5.38. The van der Waals surface area contributed by atoms with Gasteiger partial charge >= 0.3 is 0 Å². The van der Waals surface area contributed by atoms with Crippen molar-refractivity contribution in [2.24, 2.45) is 5.14 Å². The van der Waals surface area contributed by atoms with Crippen LogP contribution in [0.4, 0.5) is 14.5 Å². The van der Waals surface area contributed by atoms with E-state index in [0.717, 1.165) is 12.0 Å². The number of carbonyl (C=O) groups excluding carboxylic acids is 1. The van der Waals surface area contributed by atoms with Crippen molar-refractivity contribution >= 4 is 21.6 Å². The Labute approximate surface area is 172 Å². The summed E-state index contributed by atoms with van der Waals surface area (Å²) in [5, 5.41) is 12.1. The fourth-order valence-electron chi connectivity index (χ4n) is 2.85. The molecule has 1 aromatic heterocycles. The summed E-state index contributed by atoms with van der Waals surface area (Å²) in [4.78, 5) is 12.1. The Kier molecular flexibility index (Phi) is 6.28. The number of aryl methyl sites for hydroxylation is 1. The van der Waals surface area contributed by atoms with Gasteiger partial charge in [-0.15, -0.1) is 0 Å². The van der Waals surface area contributed by atoms with Crippen LogP contribution in [0.25, 0.3) is 5.69 Å². The van der Waals surface area contributed by atoms with E-state index in [1.165, 1.54) is 47.1 Å². The van der Waals surface area contributed by atoms with Gasteiger partial charge in [-0.05, 0) is 35.7 Å². The first-order chi connectivity index (χ1) is 14.2. The number of aromatic nitrogens is 2. The number of nitrogens with zero attached hydrogens (tertiary/aromatic N) is 2. The number of primary sulfonamides is 1. The number of hydrogen-bond acceptors (Lipinski definition) is 4. The maximum atomic E-state index is 12.6. The second kappa shape index (κ2) is 8.72. The Bertz CT molecular complexity index is 1160. The molecule has 0 saturated carbocycles. The molecule has 0 spiro atoms. The van der Waals surface area contributed by atoms with Crippen LogP contribution >= 0.6 is 0 Å². The highest BCUT2D eigenvalue weighted by Gasteiger charge is 2.18. The van der Waals surface area contributed by atoms with Crippen LogP contribution in [-0.4, -0.2) is 24.1 Å². The highest BCUT2D eigenvalue weighted by molar-refractivity contribution is 7.89. The van der Waals surface area contributed by atoms with Crippen molar-refractivity contribution < 1.29 is 22.0 Å². The fourth-order valence-corrected chi connectivity index (χ4v) is 3.60. The Hall–Kier alpha value is -3.11. The van der Waals surface area contributed by atoms with Crippen LogP contribution in [-0.2, 0) is 27.7 Å². The average Bonchev–Trinajstić information content (AvgIpc) is 3.16. The van der Waals surface area contributed by atoms with Crippen LogP contribution in [0.2, 0.25) is 0 Å². The smallest absolute Gasteiger partial charge is 0.263 e. The molecule has 10 heteroatoms. The molecule has 1 amide bonds. The molecule has 0 radical (unpaired) electrons. The normalized spacial score (nSPS) is 11.6. The van der Waals surface area contributed by atoms with Gasteiger partial charge in [0.1, 0.15) is 4.90 Å². The van der Waals surface area contributed by atoms with E-state index in [9.17, 15) is 22.0 Å². The second-order valence-electron chi connectivity index (χ2n) is 6.64. The van der Waals surface area contributed by atoms with Crippen molar-refractivity contribution in [1.82, 2.24) is 9.78 Å². The minimum absolute atomic E-state index is 0.0605. The third-order valence-electron chi connectivity index (χ3n) is 4.44. The Morgan fingerprint density at radius 1 is 1.17 bits per heavy atom. The predicted octanol–water partition coefficient (Wildman–Crippen LogP) is 3.20. The van der Waals surface area contributed by atoms with E-state index in [2.05, 4.69) is 10.4 Å². The number of amides is 1. The van der Waals surface area contributed by atoms with Crippen LogP contribution in [0.5, 0.6) is 0 Å². The van der Waals surface area contributed by atoms with Crippen molar-refractivity contribution in [2.45, 2.75) is 31.1 Å². The lowest BCUT2D eigenvalue weighted by molar-refractivity contribution is -0.115. The molecule has 0 saturated heterocycles. The number of nitrogens with two attached hydrogens (primary N) is 1. The molecule has 0 aliphatic carbocycles. The summed E-state index contributed by atoms with van der Waals surface area (Å²) in [5.41, 5.74) is 1.84. The summed E-state index contributed by atoms with van der Waals surface area (Å²) in [6, 6.07) is 9.71. The zero-order valence-corrected chi connectivity index (χ0v) is 16.9. The molecule has 0 bridgehead atoms. The molecule has 3 rings (SSSR count). The number of halogens is 2. The van der Waals surface area contributed by atoms with Gasteiger partial charge in [0.15, 0.2) is 0 Å². The van der Waals surface area contributed by atoms with E-state index in [0.29, 0.717) is 5.56 Å². The van der Waals surface area contributed by atoms with E-state index in [1.807, 2.05) is 6.92 Å². The molecule has 0 aliphatic heterocycles. The average molecular weight is 434 g/mol. The maximum absolute atomic E-state index is 12.6. The number of alkyl halides is 2. The first-order valence-electron chi connectivity index (χ1n) is 9.05. The first-order valence-corrected chi connectivity index (χ1v) is 10.6. The molecule has 30 heavy (non-hydrogen) atoms. The monoisotopic (exact) mass is 434 g/mol. The van der Waals surface area contributed by atoms with E-state index < -0.39 is 22.4 Å². The Balaban J connectivity index is 1.81. The molecule has 0 atom stereocenters. The lowest BCUT2D eigenvalue weighted by Gasteiger charge is -2.12. The molecule has 3 N–H and O–H groups in total. The number of benzene rings is 2. The standard InChI is InChI=1S/C20H20F2N4O3S/c1-2-13-11-24-26(12-13)17-8-7-16(10-18(17)30(23,28)29)25-19(27)9-14-3-5-15(6-4-14)20(21)22/h3-8,10-12,20H,2,9H2,1H3,(H,25,27)(H2,23,28,29). The fraction of sp³-hybridized carbons (Fsp3) is 0.200. The van der Waals surface area contributed by atoms with Crippen LogP contribution in [0, 0.1) is 0 Å². The minimum Gasteiger partial charge on any atom is -0.326 e. The maximum Gasteiger partial charge on any atom is 0.263 e. The molecule has 158 valence electrons. The van der Waals surface area contributed by atoms with E-state index in [-0.39, 0.29) is 28.3 Å². The highest BCUT2D eigenvalue weighted by atomic mass is 32.2. The number of anilines is 1. The van der Waals surface area contributed by atoms with E-state index in [1.54, 1.807) is 12.4 Å². The largest absolute Gasteiger partial charge is 0.326 e. The summed E-state index contributed by atoms with van der Waals surface area (Å²) in [6.45, 7) is 1.95. The molecule has 0 aliphatic rings. The zero-order valence-electron chi connectivity index (χ0n) is 16.0. The number of carbonyl (C=O) groups is 1. The van der Waals surface area contributed by atoms with Crippen LogP contribution in [0.3, 0.4) is 0 Å².